The van der Waals surface area contributed by atoms with Crippen LogP contribution in [0.25, 0.3) is 0 Å². The third-order valence-corrected chi connectivity index (χ3v) is 5.55. The van der Waals surface area contributed by atoms with E-state index in [0.717, 1.165) is 18.1 Å². The fraction of sp³-hybridized carbons (Fsp3) is 0.615. The Hall–Kier alpha value is -0.520. The Morgan fingerprint density at radius 1 is 1.56 bits per heavy atom. The van der Waals surface area contributed by atoms with Gasteiger partial charge in [0.05, 0.1) is 12.1 Å². The number of amides is 1. The van der Waals surface area contributed by atoms with Crippen LogP contribution in [0, 0.1) is 6.92 Å². The van der Waals surface area contributed by atoms with Gasteiger partial charge in [0.1, 0.15) is 0 Å². The van der Waals surface area contributed by atoms with Gasteiger partial charge in [0.2, 0.25) is 5.91 Å². The molecule has 1 N–H and O–H groups in total. The Balaban J connectivity index is 2.01. The highest BCUT2D eigenvalue weighted by molar-refractivity contribution is 7.99. The van der Waals surface area contributed by atoms with E-state index >= 15 is 0 Å². The number of likely N-dealkylation sites (N-methyl/N-ethyl adjacent to an activating group) is 1. The second kappa shape index (κ2) is 6.08. The second-order valence-corrected chi connectivity index (χ2v) is 7.12. The van der Waals surface area contributed by atoms with Crippen molar-refractivity contribution in [1.82, 2.24) is 10.2 Å². The lowest BCUT2D eigenvalue weighted by Gasteiger charge is -2.30. The van der Waals surface area contributed by atoms with Crippen molar-refractivity contribution in [3.05, 3.63) is 21.9 Å². The molecule has 18 heavy (non-hydrogen) atoms. The topological polar surface area (TPSA) is 32.3 Å². The molecule has 2 heterocycles. The number of thioether (sulfide) groups is 1. The van der Waals surface area contributed by atoms with Crippen molar-refractivity contribution < 1.29 is 4.79 Å². The standard InChI is InChI=1S/C13H20N2OS2/c1-9-4-5-12(18-9)10(2)15(3)13(16)11-8-17-7-6-14-11/h4-5,10-11,14H,6-8H2,1-3H3. The van der Waals surface area contributed by atoms with Gasteiger partial charge in [-0.25, -0.2) is 0 Å². The number of hydrogen-bond acceptors (Lipinski definition) is 4. The lowest BCUT2D eigenvalue weighted by molar-refractivity contribution is -0.133. The first kappa shape index (κ1) is 13.9. The number of nitrogens with one attached hydrogen (secondary N) is 1. The van der Waals surface area contributed by atoms with Gasteiger partial charge in [-0.05, 0) is 26.0 Å². The van der Waals surface area contributed by atoms with Crippen LogP contribution in [-0.4, -0.2) is 41.9 Å². The SMILES string of the molecule is Cc1ccc(C(C)N(C)C(=O)C2CSCCN2)s1. The van der Waals surface area contributed by atoms with E-state index in [1.54, 1.807) is 11.3 Å². The predicted molar refractivity (Wildman–Crippen MR) is 79.4 cm³/mol. The highest BCUT2D eigenvalue weighted by atomic mass is 32.2. The molecule has 1 saturated heterocycles. The van der Waals surface area contributed by atoms with E-state index in [2.05, 4.69) is 31.3 Å². The van der Waals surface area contributed by atoms with Crippen LogP contribution >= 0.6 is 23.1 Å². The predicted octanol–water partition coefficient (Wildman–Crippen LogP) is 2.28. The van der Waals surface area contributed by atoms with Crippen LogP contribution in [0.4, 0.5) is 0 Å². The van der Waals surface area contributed by atoms with Crippen LogP contribution in [-0.2, 0) is 4.79 Å². The third kappa shape index (κ3) is 3.08. The summed E-state index contributed by atoms with van der Waals surface area (Å²) in [5.74, 6) is 2.20. The van der Waals surface area contributed by atoms with Gasteiger partial charge in [0.15, 0.2) is 0 Å². The van der Waals surface area contributed by atoms with Crippen LogP contribution in [0.1, 0.15) is 22.7 Å². The van der Waals surface area contributed by atoms with Gasteiger partial charge in [-0.3, -0.25) is 4.79 Å². The molecule has 0 radical (unpaired) electrons. The molecule has 1 aromatic rings. The molecule has 0 saturated carbocycles. The van der Waals surface area contributed by atoms with Crippen molar-refractivity contribution in [3.63, 3.8) is 0 Å². The van der Waals surface area contributed by atoms with Crippen LogP contribution in [0.15, 0.2) is 12.1 Å². The normalized spacial score (nSPS) is 21.6. The Labute approximate surface area is 117 Å². The number of carbonyl (C=O) groups is 1. The van der Waals surface area contributed by atoms with Gasteiger partial charge in [-0.1, -0.05) is 0 Å². The Morgan fingerprint density at radius 2 is 2.33 bits per heavy atom. The summed E-state index contributed by atoms with van der Waals surface area (Å²) in [5.41, 5.74) is 0. The molecule has 1 amide bonds. The molecule has 3 nitrogen and oxygen atoms in total. The summed E-state index contributed by atoms with van der Waals surface area (Å²) in [6, 6.07) is 4.38. The monoisotopic (exact) mass is 284 g/mol. The number of hydrogen-bond donors (Lipinski definition) is 1. The van der Waals surface area contributed by atoms with Gasteiger partial charge in [-0.2, -0.15) is 11.8 Å². The van der Waals surface area contributed by atoms with Crippen LogP contribution in [0.5, 0.6) is 0 Å². The van der Waals surface area contributed by atoms with Crippen molar-refractivity contribution in [2.75, 3.05) is 25.1 Å². The highest BCUT2D eigenvalue weighted by Gasteiger charge is 2.27. The molecule has 1 aromatic heterocycles. The first-order valence-electron chi connectivity index (χ1n) is 6.23. The van der Waals surface area contributed by atoms with Crippen molar-refractivity contribution in [1.29, 1.82) is 0 Å². The van der Waals surface area contributed by atoms with Crippen molar-refractivity contribution in [2.45, 2.75) is 25.9 Å². The fourth-order valence-corrected chi connectivity index (χ4v) is 3.93. The van der Waals surface area contributed by atoms with Gasteiger partial charge in [0, 0.05) is 34.9 Å². The molecular weight excluding hydrogens is 264 g/mol. The van der Waals surface area contributed by atoms with Gasteiger partial charge in [-0.15, -0.1) is 11.3 Å². The number of aryl methyl sites for hydroxylation is 1. The average Bonchev–Trinajstić information content (AvgIpc) is 2.84. The maximum absolute atomic E-state index is 12.4. The first-order chi connectivity index (χ1) is 8.59. The molecule has 1 fully saturated rings. The molecule has 2 atom stereocenters. The van der Waals surface area contributed by atoms with E-state index in [9.17, 15) is 4.79 Å². The fourth-order valence-electron chi connectivity index (χ4n) is 2.03. The van der Waals surface area contributed by atoms with E-state index in [-0.39, 0.29) is 18.0 Å². The Morgan fingerprint density at radius 3 is 2.89 bits per heavy atom. The quantitative estimate of drug-likeness (QED) is 0.924. The van der Waals surface area contributed by atoms with E-state index in [1.165, 1.54) is 9.75 Å². The van der Waals surface area contributed by atoms with Gasteiger partial charge >= 0.3 is 0 Å². The zero-order chi connectivity index (χ0) is 13.1. The summed E-state index contributed by atoms with van der Waals surface area (Å²) in [4.78, 5) is 16.8. The Bertz CT molecular complexity index is 413. The number of nitrogens with zero attached hydrogens (tertiary/aromatic N) is 1. The van der Waals surface area contributed by atoms with Crippen molar-refractivity contribution in [3.8, 4) is 0 Å². The molecule has 5 heteroatoms. The van der Waals surface area contributed by atoms with Gasteiger partial charge in [0.25, 0.3) is 0 Å². The average molecular weight is 284 g/mol. The molecule has 1 aliphatic rings. The molecule has 2 rings (SSSR count). The van der Waals surface area contributed by atoms with E-state index in [1.807, 2.05) is 23.7 Å². The van der Waals surface area contributed by atoms with Gasteiger partial charge < -0.3 is 10.2 Å². The zero-order valence-electron chi connectivity index (χ0n) is 11.1. The lowest BCUT2D eigenvalue weighted by Crippen LogP contribution is -2.49. The maximum Gasteiger partial charge on any atom is 0.240 e. The molecule has 0 aromatic carbocycles. The minimum Gasteiger partial charge on any atom is -0.337 e. The molecular formula is C13H20N2OS2. The number of thiophene rings is 1. The van der Waals surface area contributed by atoms with E-state index in [0.29, 0.717) is 0 Å². The second-order valence-electron chi connectivity index (χ2n) is 4.66. The van der Waals surface area contributed by atoms with E-state index < -0.39 is 0 Å². The maximum atomic E-state index is 12.4. The summed E-state index contributed by atoms with van der Waals surface area (Å²) >= 11 is 3.62. The van der Waals surface area contributed by atoms with Crippen LogP contribution in [0.2, 0.25) is 0 Å². The Kier molecular flexibility index (Phi) is 4.70. The lowest BCUT2D eigenvalue weighted by atomic mass is 10.2. The number of rotatable bonds is 3. The van der Waals surface area contributed by atoms with Crippen molar-refractivity contribution >= 4 is 29.0 Å². The summed E-state index contributed by atoms with van der Waals surface area (Å²) in [6.45, 7) is 5.13. The van der Waals surface area contributed by atoms with Crippen molar-refractivity contribution in [2.24, 2.45) is 0 Å². The van der Waals surface area contributed by atoms with E-state index in [4.69, 9.17) is 0 Å². The van der Waals surface area contributed by atoms with Crippen LogP contribution in [0.3, 0.4) is 0 Å². The number of carbonyl (C=O) groups excluding carboxylic acids is 1. The largest absolute Gasteiger partial charge is 0.337 e. The van der Waals surface area contributed by atoms with Crippen LogP contribution < -0.4 is 5.32 Å². The summed E-state index contributed by atoms with van der Waals surface area (Å²) in [6.07, 6.45) is 0. The minimum absolute atomic E-state index is 0.0164. The first-order valence-corrected chi connectivity index (χ1v) is 8.21. The highest BCUT2D eigenvalue weighted by Crippen LogP contribution is 2.27. The summed E-state index contributed by atoms with van der Waals surface area (Å²) in [5, 5.41) is 3.30. The molecule has 1 aliphatic heterocycles. The zero-order valence-corrected chi connectivity index (χ0v) is 12.7. The minimum atomic E-state index is -0.0164. The summed E-state index contributed by atoms with van der Waals surface area (Å²) < 4.78 is 0. The third-order valence-electron chi connectivity index (χ3n) is 3.32. The molecule has 2 unspecified atom stereocenters. The smallest absolute Gasteiger partial charge is 0.240 e. The summed E-state index contributed by atoms with van der Waals surface area (Å²) in [7, 11) is 1.91. The molecule has 0 bridgehead atoms. The molecule has 100 valence electrons. The molecule has 0 aliphatic carbocycles. The molecule has 0 spiro atoms.